The van der Waals surface area contributed by atoms with Crippen LogP contribution >= 0.6 is 0 Å². The second-order valence-electron chi connectivity index (χ2n) is 9.91. The third-order valence-electron chi connectivity index (χ3n) is 6.85. The van der Waals surface area contributed by atoms with Gasteiger partial charge in [-0.1, -0.05) is 44.7 Å². The lowest BCUT2D eigenvalue weighted by atomic mass is 9.95. The Labute approximate surface area is 198 Å². The van der Waals surface area contributed by atoms with Crippen molar-refractivity contribution in [3.05, 3.63) is 77.9 Å². The van der Waals surface area contributed by atoms with E-state index in [1.807, 2.05) is 24.3 Å². The predicted molar refractivity (Wildman–Crippen MR) is 132 cm³/mol. The molecule has 5 heteroatoms. The Hall–Kier alpha value is -2.53. The SMILES string of the molecule is C=C(NCc1ccc(OCC(C)C)cc1)N(Cc1ccc(F)cc1)C1CCN2CCC[C@@H]2C1. The highest BCUT2D eigenvalue weighted by atomic mass is 19.1. The number of hydrogen-bond donors (Lipinski definition) is 1. The molecule has 2 aliphatic heterocycles. The molecule has 33 heavy (non-hydrogen) atoms. The van der Waals surface area contributed by atoms with E-state index in [4.69, 9.17) is 4.74 Å². The number of benzene rings is 2. The van der Waals surface area contributed by atoms with E-state index in [0.717, 1.165) is 43.3 Å². The lowest BCUT2D eigenvalue weighted by molar-refractivity contribution is 0.0998. The molecule has 0 bridgehead atoms. The minimum atomic E-state index is -0.192. The first-order valence-electron chi connectivity index (χ1n) is 12.4. The molecule has 0 aliphatic carbocycles. The summed E-state index contributed by atoms with van der Waals surface area (Å²) in [6.07, 6.45) is 4.92. The van der Waals surface area contributed by atoms with Gasteiger partial charge in [0.2, 0.25) is 0 Å². The fraction of sp³-hybridized carbons (Fsp3) is 0.500. The zero-order valence-corrected chi connectivity index (χ0v) is 20.1. The molecular weight excluding hydrogens is 413 g/mol. The van der Waals surface area contributed by atoms with E-state index in [1.54, 1.807) is 12.1 Å². The lowest BCUT2D eigenvalue weighted by Gasteiger charge is -2.42. The first-order chi connectivity index (χ1) is 16.0. The Kier molecular flexibility index (Phi) is 7.92. The number of rotatable bonds is 10. The molecule has 0 aromatic heterocycles. The van der Waals surface area contributed by atoms with Crippen LogP contribution in [-0.2, 0) is 13.1 Å². The van der Waals surface area contributed by atoms with Crippen LogP contribution in [0, 0.1) is 11.7 Å². The van der Waals surface area contributed by atoms with Crippen LogP contribution in [-0.4, -0.2) is 41.6 Å². The molecule has 4 nitrogen and oxygen atoms in total. The monoisotopic (exact) mass is 451 g/mol. The molecule has 1 N–H and O–H groups in total. The van der Waals surface area contributed by atoms with Crippen LogP contribution in [0.2, 0.25) is 0 Å². The standard InChI is InChI=1S/C28H38FN3O/c1-21(2)20-33-28-12-8-23(9-13-28)18-30-22(3)32(19-24-6-10-25(29)11-7-24)27-14-16-31-15-4-5-26(31)17-27/h6-13,21,26-27,30H,3-5,14-20H2,1-2H3/t26-,27?/m1/s1. The summed E-state index contributed by atoms with van der Waals surface area (Å²) in [5, 5.41) is 3.56. The van der Waals surface area contributed by atoms with Gasteiger partial charge < -0.3 is 19.9 Å². The molecule has 2 aromatic carbocycles. The molecule has 0 saturated carbocycles. The van der Waals surface area contributed by atoms with Gasteiger partial charge in [-0.2, -0.15) is 0 Å². The van der Waals surface area contributed by atoms with E-state index in [9.17, 15) is 4.39 Å². The van der Waals surface area contributed by atoms with E-state index < -0.39 is 0 Å². The van der Waals surface area contributed by atoms with Crippen LogP contribution in [0.4, 0.5) is 4.39 Å². The number of fused-ring (bicyclic) bond motifs is 1. The fourth-order valence-corrected chi connectivity index (χ4v) is 4.99. The van der Waals surface area contributed by atoms with Crippen LogP contribution in [0.5, 0.6) is 5.75 Å². The molecule has 1 unspecified atom stereocenters. The Bertz CT molecular complexity index is 896. The lowest BCUT2D eigenvalue weighted by Crippen LogP contribution is -2.48. The molecular formula is C28H38FN3O. The Morgan fingerprint density at radius 1 is 1.09 bits per heavy atom. The summed E-state index contributed by atoms with van der Waals surface area (Å²) in [6, 6.07) is 16.3. The topological polar surface area (TPSA) is 27.7 Å². The zero-order valence-electron chi connectivity index (χ0n) is 20.1. The summed E-state index contributed by atoms with van der Waals surface area (Å²) in [5.74, 6) is 2.17. The maximum atomic E-state index is 13.5. The van der Waals surface area contributed by atoms with Crippen molar-refractivity contribution in [3.8, 4) is 5.75 Å². The molecule has 0 amide bonds. The van der Waals surface area contributed by atoms with Gasteiger partial charge in [0.15, 0.2) is 0 Å². The number of hydrogen-bond acceptors (Lipinski definition) is 4. The van der Waals surface area contributed by atoms with E-state index in [1.165, 1.54) is 31.4 Å². The van der Waals surface area contributed by atoms with E-state index in [0.29, 0.717) is 24.5 Å². The predicted octanol–water partition coefficient (Wildman–Crippen LogP) is 5.55. The number of piperidine rings is 1. The van der Waals surface area contributed by atoms with Gasteiger partial charge >= 0.3 is 0 Å². The minimum Gasteiger partial charge on any atom is -0.493 e. The van der Waals surface area contributed by atoms with Gasteiger partial charge in [-0.3, -0.25) is 0 Å². The van der Waals surface area contributed by atoms with Crippen molar-refractivity contribution in [2.45, 2.75) is 64.7 Å². The maximum absolute atomic E-state index is 13.5. The Morgan fingerprint density at radius 2 is 1.82 bits per heavy atom. The zero-order chi connectivity index (χ0) is 23.2. The van der Waals surface area contributed by atoms with Crippen LogP contribution in [0.25, 0.3) is 0 Å². The second-order valence-corrected chi connectivity index (χ2v) is 9.91. The molecule has 0 radical (unpaired) electrons. The number of ether oxygens (including phenoxy) is 1. The van der Waals surface area contributed by atoms with Crippen molar-refractivity contribution in [2.75, 3.05) is 19.7 Å². The normalized spacial score (nSPS) is 20.5. The fourth-order valence-electron chi connectivity index (χ4n) is 4.99. The van der Waals surface area contributed by atoms with Crippen molar-refractivity contribution in [2.24, 2.45) is 5.92 Å². The molecule has 2 heterocycles. The summed E-state index contributed by atoms with van der Waals surface area (Å²) >= 11 is 0. The highest BCUT2D eigenvalue weighted by molar-refractivity contribution is 5.27. The van der Waals surface area contributed by atoms with Crippen LogP contribution < -0.4 is 10.1 Å². The first kappa shape index (κ1) is 23.6. The van der Waals surface area contributed by atoms with Crippen LogP contribution in [0.1, 0.15) is 50.7 Å². The van der Waals surface area contributed by atoms with Gasteiger partial charge in [0.05, 0.1) is 12.4 Å². The summed E-state index contributed by atoms with van der Waals surface area (Å²) in [4.78, 5) is 5.05. The van der Waals surface area contributed by atoms with Crippen LogP contribution in [0.3, 0.4) is 0 Å². The van der Waals surface area contributed by atoms with Crippen molar-refractivity contribution in [1.29, 1.82) is 0 Å². The molecule has 2 aliphatic rings. The van der Waals surface area contributed by atoms with Gasteiger partial charge in [0, 0.05) is 31.7 Å². The van der Waals surface area contributed by atoms with Crippen molar-refractivity contribution in [1.82, 2.24) is 15.1 Å². The van der Waals surface area contributed by atoms with E-state index in [2.05, 4.69) is 47.7 Å². The third kappa shape index (κ3) is 6.50. The minimum absolute atomic E-state index is 0.192. The number of nitrogens with one attached hydrogen (secondary N) is 1. The van der Waals surface area contributed by atoms with Gasteiger partial charge in [-0.05, 0) is 73.5 Å². The number of nitrogens with zero attached hydrogens (tertiary/aromatic N) is 2. The van der Waals surface area contributed by atoms with E-state index in [-0.39, 0.29) is 5.82 Å². The maximum Gasteiger partial charge on any atom is 0.123 e. The number of halogens is 1. The first-order valence-corrected chi connectivity index (χ1v) is 12.4. The van der Waals surface area contributed by atoms with E-state index >= 15 is 0 Å². The molecule has 2 aromatic rings. The Morgan fingerprint density at radius 3 is 2.55 bits per heavy atom. The molecule has 2 atom stereocenters. The van der Waals surface area contributed by atoms with Crippen LogP contribution in [0.15, 0.2) is 60.9 Å². The van der Waals surface area contributed by atoms with Crippen molar-refractivity contribution in [3.63, 3.8) is 0 Å². The average molecular weight is 452 g/mol. The Balaban J connectivity index is 1.39. The van der Waals surface area contributed by atoms with Gasteiger partial charge in [-0.25, -0.2) is 4.39 Å². The van der Waals surface area contributed by atoms with Gasteiger partial charge in [0.25, 0.3) is 0 Å². The highest BCUT2D eigenvalue weighted by Gasteiger charge is 2.34. The summed E-state index contributed by atoms with van der Waals surface area (Å²) < 4.78 is 19.2. The van der Waals surface area contributed by atoms with Crippen molar-refractivity contribution < 1.29 is 9.13 Å². The molecule has 0 spiro atoms. The largest absolute Gasteiger partial charge is 0.493 e. The van der Waals surface area contributed by atoms with Crippen molar-refractivity contribution >= 4 is 0 Å². The molecule has 2 fully saturated rings. The quantitative estimate of drug-likeness (QED) is 0.513. The third-order valence-corrected chi connectivity index (χ3v) is 6.85. The van der Waals surface area contributed by atoms with Gasteiger partial charge in [0.1, 0.15) is 11.6 Å². The average Bonchev–Trinajstić information content (AvgIpc) is 3.29. The highest BCUT2D eigenvalue weighted by Crippen LogP contribution is 2.31. The molecule has 178 valence electrons. The summed E-state index contributed by atoms with van der Waals surface area (Å²) in [5.41, 5.74) is 2.31. The summed E-state index contributed by atoms with van der Waals surface area (Å²) in [7, 11) is 0. The molecule has 4 rings (SSSR count). The second kappa shape index (κ2) is 11.1. The molecule has 2 saturated heterocycles. The van der Waals surface area contributed by atoms with Gasteiger partial charge in [-0.15, -0.1) is 0 Å². The summed E-state index contributed by atoms with van der Waals surface area (Å²) in [6.45, 7) is 13.3. The smallest absolute Gasteiger partial charge is 0.123 e.